The van der Waals surface area contributed by atoms with Crippen LogP contribution in [0.1, 0.15) is 5.56 Å². The smallest absolute Gasteiger partial charge is 0.234 e. The van der Waals surface area contributed by atoms with Crippen molar-refractivity contribution in [2.24, 2.45) is 0 Å². The van der Waals surface area contributed by atoms with Crippen molar-refractivity contribution in [1.29, 1.82) is 0 Å². The number of halogens is 1. The van der Waals surface area contributed by atoms with E-state index in [1.54, 1.807) is 6.07 Å². The van der Waals surface area contributed by atoms with Gasteiger partial charge in [-0.2, -0.15) is 0 Å². The van der Waals surface area contributed by atoms with E-state index in [1.807, 2.05) is 79.7 Å². The minimum atomic E-state index is -0.112. The van der Waals surface area contributed by atoms with Gasteiger partial charge in [-0.25, -0.2) is 4.98 Å². The van der Waals surface area contributed by atoms with Crippen molar-refractivity contribution in [2.75, 3.05) is 11.1 Å². The van der Waals surface area contributed by atoms with Crippen molar-refractivity contribution in [3.05, 3.63) is 89.4 Å². The molecule has 0 saturated heterocycles. The molecule has 6 heteroatoms. The topological polar surface area (TPSA) is 57.8 Å². The minimum absolute atomic E-state index is 0.112. The van der Waals surface area contributed by atoms with Crippen molar-refractivity contribution < 1.29 is 4.79 Å². The fraction of sp³-hybridized carbons (Fsp3) is 0.0833. The van der Waals surface area contributed by atoms with Crippen LogP contribution < -0.4 is 5.32 Å². The lowest BCUT2D eigenvalue weighted by Gasteiger charge is -2.06. The molecular formula is C24H20ClN3OS. The molecule has 4 rings (SSSR count). The SMILES string of the molecule is Cc1ccc(NC(=O)CSc2nc(-c3ccccc3)c(-c3ccccc3)[nH]2)cc1Cl. The number of aromatic nitrogens is 2. The largest absolute Gasteiger partial charge is 0.332 e. The lowest BCUT2D eigenvalue weighted by atomic mass is 10.1. The summed E-state index contributed by atoms with van der Waals surface area (Å²) >= 11 is 7.50. The molecule has 2 N–H and O–H groups in total. The summed E-state index contributed by atoms with van der Waals surface area (Å²) in [7, 11) is 0. The van der Waals surface area contributed by atoms with Crippen LogP contribution in [0.15, 0.2) is 84.0 Å². The van der Waals surface area contributed by atoms with Gasteiger partial charge in [-0.05, 0) is 24.6 Å². The molecule has 1 heterocycles. The molecule has 0 bridgehead atoms. The molecule has 0 radical (unpaired) electrons. The van der Waals surface area contributed by atoms with E-state index in [1.165, 1.54) is 11.8 Å². The first-order chi connectivity index (χ1) is 14.6. The van der Waals surface area contributed by atoms with Crippen LogP contribution in [-0.4, -0.2) is 21.6 Å². The molecule has 0 atom stereocenters. The quantitative estimate of drug-likeness (QED) is 0.344. The number of carbonyl (C=O) groups is 1. The highest BCUT2D eigenvalue weighted by molar-refractivity contribution is 7.99. The van der Waals surface area contributed by atoms with Crippen LogP contribution in [-0.2, 0) is 4.79 Å². The van der Waals surface area contributed by atoms with Gasteiger partial charge in [0.1, 0.15) is 0 Å². The Hall–Kier alpha value is -3.02. The molecule has 0 spiro atoms. The van der Waals surface area contributed by atoms with Crippen LogP contribution in [0.2, 0.25) is 5.02 Å². The number of hydrogen-bond acceptors (Lipinski definition) is 3. The first kappa shape index (κ1) is 20.3. The summed E-state index contributed by atoms with van der Waals surface area (Å²) in [6, 6.07) is 25.6. The monoisotopic (exact) mass is 433 g/mol. The van der Waals surface area contributed by atoms with Gasteiger partial charge in [0.2, 0.25) is 5.91 Å². The van der Waals surface area contributed by atoms with Gasteiger partial charge in [-0.1, -0.05) is 90.1 Å². The average molecular weight is 434 g/mol. The number of anilines is 1. The number of thioether (sulfide) groups is 1. The number of aromatic amines is 1. The fourth-order valence-corrected chi connectivity index (χ4v) is 3.89. The highest BCUT2D eigenvalue weighted by atomic mass is 35.5. The number of rotatable bonds is 6. The second-order valence-electron chi connectivity index (χ2n) is 6.80. The highest BCUT2D eigenvalue weighted by Gasteiger charge is 2.15. The summed E-state index contributed by atoms with van der Waals surface area (Å²) in [5.74, 6) is 0.125. The Kier molecular flexibility index (Phi) is 6.21. The second kappa shape index (κ2) is 9.20. The fourth-order valence-electron chi connectivity index (χ4n) is 3.04. The maximum Gasteiger partial charge on any atom is 0.234 e. The van der Waals surface area contributed by atoms with Crippen molar-refractivity contribution >= 4 is 35.0 Å². The van der Waals surface area contributed by atoms with E-state index < -0.39 is 0 Å². The molecule has 150 valence electrons. The lowest BCUT2D eigenvalue weighted by molar-refractivity contribution is -0.113. The van der Waals surface area contributed by atoms with Crippen molar-refractivity contribution in [1.82, 2.24) is 9.97 Å². The Morgan fingerprint density at radius 1 is 1.00 bits per heavy atom. The first-order valence-electron chi connectivity index (χ1n) is 9.50. The Balaban J connectivity index is 1.52. The van der Waals surface area contributed by atoms with Gasteiger partial charge >= 0.3 is 0 Å². The molecule has 0 saturated carbocycles. The maximum absolute atomic E-state index is 12.4. The van der Waals surface area contributed by atoms with E-state index in [9.17, 15) is 4.79 Å². The van der Waals surface area contributed by atoms with Crippen LogP contribution >= 0.6 is 23.4 Å². The number of H-pyrrole nitrogens is 1. The van der Waals surface area contributed by atoms with Crippen molar-refractivity contribution in [3.8, 4) is 22.5 Å². The number of nitrogens with one attached hydrogen (secondary N) is 2. The zero-order chi connectivity index (χ0) is 20.9. The van der Waals surface area contributed by atoms with Crippen molar-refractivity contribution in [2.45, 2.75) is 12.1 Å². The van der Waals surface area contributed by atoms with Gasteiger partial charge < -0.3 is 10.3 Å². The van der Waals surface area contributed by atoms with Crippen LogP contribution in [0.25, 0.3) is 22.5 Å². The number of carbonyl (C=O) groups excluding carboxylic acids is 1. The summed E-state index contributed by atoms with van der Waals surface area (Å²) in [4.78, 5) is 20.5. The van der Waals surface area contributed by atoms with Gasteiger partial charge in [0.15, 0.2) is 5.16 Å². The number of imidazole rings is 1. The minimum Gasteiger partial charge on any atom is -0.332 e. The number of nitrogens with zero attached hydrogens (tertiary/aromatic N) is 1. The molecule has 3 aromatic carbocycles. The molecule has 0 aliphatic rings. The molecule has 1 aromatic heterocycles. The number of hydrogen-bond donors (Lipinski definition) is 2. The van der Waals surface area contributed by atoms with Gasteiger partial charge in [0.25, 0.3) is 0 Å². The summed E-state index contributed by atoms with van der Waals surface area (Å²) < 4.78 is 0. The van der Waals surface area contributed by atoms with E-state index >= 15 is 0 Å². The number of aryl methyl sites for hydroxylation is 1. The van der Waals surface area contributed by atoms with Crippen LogP contribution in [0.5, 0.6) is 0 Å². The van der Waals surface area contributed by atoms with Gasteiger partial charge in [0.05, 0.1) is 17.1 Å². The molecule has 0 unspecified atom stereocenters. The summed E-state index contributed by atoms with van der Waals surface area (Å²) in [6.07, 6.45) is 0. The predicted molar refractivity (Wildman–Crippen MR) is 125 cm³/mol. The van der Waals surface area contributed by atoms with Gasteiger partial charge in [0, 0.05) is 21.8 Å². The Labute approximate surface area is 184 Å². The summed E-state index contributed by atoms with van der Waals surface area (Å²) in [5, 5.41) is 4.21. The molecule has 4 aromatic rings. The van der Waals surface area contributed by atoms with Gasteiger partial charge in [-0.15, -0.1) is 0 Å². The van der Waals surface area contributed by atoms with Crippen LogP contribution in [0.3, 0.4) is 0 Å². The predicted octanol–water partition coefficient (Wildman–Crippen LogP) is 6.44. The lowest BCUT2D eigenvalue weighted by Crippen LogP contribution is -2.14. The molecule has 0 aliphatic carbocycles. The highest BCUT2D eigenvalue weighted by Crippen LogP contribution is 2.32. The van der Waals surface area contributed by atoms with E-state index in [4.69, 9.17) is 16.6 Å². The molecule has 0 aliphatic heterocycles. The Bertz CT molecular complexity index is 1100. The second-order valence-corrected chi connectivity index (χ2v) is 8.17. The molecule has 0 fully saturated rings. The van der Waals surface area contributed by atoms with E-state index in [0.717, 1.165) is 28.1 Å². The average Bonchev–Trinajstić information content (AvgIpc) is 3.21. The van der Waals surface area contributed by atoms with Gasteiger partial charge in [-0.3, -0.25) is 4.79 Å². The third-order valence-electron chi connectivity index (χ3n) is 4.59. The zero-order valence-electron chi connectivity index (χ0n) is 16.4. The third-order valence-corrected chi connectivity index (χ3v) is 5.87. The maximum atomic E-state index is 12.4. The first-order valence-corrected chi connectivity index (χ1v) is 10.9. The molecular weight excluding hydrogens is 414 g/mol. The Morgan fingerprint density at radius 2 is 1.67 bits per heavy atom. The summed E-state index contributed by atoms with van der Waals surface area (Å²) in [6.45, 7) is 1.93. The zero-order valence-corrected chi connectivity index (χ0v) is 17.9. The number of amides is 1. The van der Waals surface area contributed by atoms with E-state index in [2.05, 4.69) is 10.3 Å². The normalized spacial score (nSPS) is 10.7. The standard InChI is InChI=1S/C24H20ClN3OS/c1-16-12-13-19(14-20(16)25)26-21(29)15-30-24-27-22(17-8-4-2-5-9-17)23(28-24)18-10-6-3-7-11-18/h2-14H,15H2,1H3,(H,26,29)(H,27,28). The number of benzene rings is 3. The van der Waals surface area contributed by atoms with Crippen molar-refractivity contribution in [3.63, 3.8) is 0 Å². The van der Waals surface area contributed by atoms with E-state index in [-0.39, 0.29) is 11.7 Å². The molecule has 1 amide bonds. The summed E-state index contributed by atoms with van der Waals surface area (Å²) in [5.41, 5.74) is 5.55. The van der Waals surface area contributed by atoms with E-state index in [0.29, 0.717) is 15.9 Å². The third kappa shape index (κ3) is 4.75. The Morgan fingerprint density at radius 3 is 2.33 bits per heavy atom. The molecule has 4 nitrogen and oxygen atoms in total. The molecule has 30 heavy (non-hydrogen) atoms. The van der Waals surface area contributed by atoms with Crippen LogP contribution in [0.4, 0.5) is 5.69 Å². The van der Waals surface area contributed by atoms with Crippen LogP contribution in [0, 0.1) is 6.92 Å².